The van der Waals surface area contributed by atoms with Crippen LogP contribution in [0.3, 0.4) is 0 Å². The zero-order valence-corrected chi connectivity index (χ0v) is 19.2. The van der Waals surface area contributed by atoms with Gasteiger partial charge in [0.1, 0.15) is 5.69 Å². The first-order valence-corrected chi connectivity index (χ1v) is 10.9. The minimum atomic E-state index is -0.413. The number of methoxy groups -OCH3 is 2. The zero-order valence-electron chi connectivity index (χ0n) is 18.4. The summed E-state index contributed by atoms with van der Waals surface area (Å²) in [6, 6.07) is 20.7. The van der Waals surface area contributed by atoms with Gasteiger partial charge in [-0.05, 0) is 48.9 Å². The predicted molar refractivity (Wildman–Crippen MR) is 128 cm³/mol. The van der Waals surface area contributed by atoms with Crippen molar-refractivity contribution in [2.75, 3.05) is 19.1 Å². The number of amides is 1. The molecule has 4 aromatic rings. The molecule has 6 nitrogen and oxygen atoms in total. The Labute approximate surface area is 196 Å². The van der Waals surface area contributed by atoms with E-state index in [2.05, 4.69) is 10.2 Å². The number of benzene rings is 3. The number of carbonyl (C=O) groups is 1. The van der Waals surface area contributed by atoms with Crippen molar-refractivity contribution in [3.05, 3.63) is 94.1 Å². The standard InChI is InChI=1S/C26H22ClN3O3/c1-15-4-6-16(7-5-15)23-22-24(29-28-23)26(31)30(19-11-9-18(27)10-12-19)25(22)17-8-13-20(32-2)21(14-17)33-3/h4-14,25H,1-3H3,(H,28,29)/t25-/m0/s1. The number of nitrogens with zero attached hydrogens (tertiary/aromatic N) is 2. The van der Waals surface area contributed by atoms with Crippen LogP contribution in [0.25, 0.3) is 11.3 Å². The fourth-order valence-corrected chi connectivity index (χ4v) is 4.41. The first-order valence-electron chi connectivity index (χ1n) is 10.5. The molecule has 0 spiro atoms. The van der Waals surface area contributed by atoms with Crippen molar-refractivity contribution in [1.82, 2.24) is 10.2 Å². The number of ether oxygens (including phenoxy) is 2. The molecule has 1 aliphatic rings. The minimum Gasteiger partial charge on any atom is -0.493 e. The average molecular weight is 460 g/mol. The van der Waals surface area contributed by atoms with E-state index < -0.39 is 6.04 Å². The number of anilines is 1. The summed E-state index contributed by atoms with van der Waals surface area (Å²) in [4.78, 5) is 15.4. The predicted octanol–water partition coefficient (Wildman–Crippen LogP) is 5.81. The number of hydrogen-bond donors (Lipinski definition) is 1. The van der Waals surface area contributed by atoms with Crippen LogP contribution in [0.2, 0.25) is 5.02 Å². The van der Waals surface area contributed by atoms with E-state index >= 15 is 0 Å². The Morgan fingerprint density at radius 3 is 2.30 bits per heavy atom. The van der Waals surface area contributed by atoms with Gasteiger partial charge >= 0.3 is 0 Å². The van der Waals surface area contributed by atoms with Crippen LogP contribution in [0.15, 0.2) is 66.7 Å². The molecule has 0 aliphatic carbocycles. The number of aromatic nitrogens is 2. The summed E-state index contributed by atoms with van der Waals surface area (Å²) in [5, 5.41) is 8.13. The SMILES string of the molecule is COc1ccc([C@H]2c3c(-c4ccc(C)cc4)n[nH]c3C(=O)N2c2ccc(Cl)cc2)cc1OC. The molecule has 33 heavy (non-hydrogen) atoms. The molecule has 1 aliphatic heterocycles. The zero-order chi connectivity index (χ0) is 23.1. The average Bonchev–Trinajstić information content (AvgIpc) is 3.39. The molecule has 1 amide bonds. The van der Waals surface area contributed by atoms with Crippen LogP contribution in [0.1, 0.15) is 33.2 Å². The molecular formula is C26H22ClN3O3. The monoisotopic (exact) mass is 459 g/mol. The lowest BCUT2D eigenvalue weighted by Gasteiger charge is -2.27. The molecule has 0 unspecified atom stereocenters. The van der Waals surface area contributed by atoms with Gasteiger partial charge in [0.05, 0.1) is 26.0 Å². The van der Waals surface area contributed by atoms with E-state index in [-0.39, 0.29) is 5.91 Å². The molecule has 1 N–H and O–H groups in total. The van der Waals surface area contributed by atoms with E-state index in [9.17, 15) is 4.79 Å². The van der Waals surface area contributed by atoms with Crippen LogP contribution in [-0.2, 0) is 0 Å². The summed E-state index contributed by atoms with van der Waals surface area (Å²) in [5.41, 5.74) is 5.75. The van der Waals surface area contributed by atoms with Crippen molar-refractivity contribution in [3.63, 3.8) is 0 Å². The molecule has 0 fully saturated rings. The van der Waals surface area contributed by atoms with E-state index in [0.717, 1.165) is 33.6 Å². The maximum absolute atomic E-state index is 13.6. The van der Waals surface area contributed by atoms with E-state index in [1.807, 2.05) is 61.5 Å². The molecule has 5 rings (SSSR count). The molecule has 3 aromatic carbocycles. The Kier molecular flexibility index (Phi) is 5.30. The molecule has 166 valence electrons. The Bertz CT molecular complexity index is 1330. The Hall–Kier alpha value is -3.77. The Morgan fingerprint density at radius 1 is 0.939 bits per heavy atom. The van der Waals surface area contributed by atoms with Gasteiger partial charge in [0.15, 0.2) is 11.5 Å². The molecule has 0 bridgehead atoms. The van der Waals surface area contributed by atoms with Gasteiger partial charge in [-0.1, -0.05) is 47.5 Å². The Morgan fingerprint density at radius 2 is 1.64 bits per heavy atom. The number of H-pyrrole nitrogens is 1. The largest absolute Gasteiger partial charge is 0.493 e. The first-order chi connectivity index (χ1) is 16.0. The van der Waals surface area contributed by atoms with E-state index in [4.69, 9.17) is 21.1 Å². The van der Waals surface area contributed by atoms with Crippen molar-refractivity contribution >= 4 is 23.2 Å². The third kappa shape index (κ3) is 3.52. The van der Waals surface area contributed by atoms with Crippen LogP contribution in [0.5, 0.6) is 11.5 Å². The molecule has 0 radical (unpaired) electrons. The van der Waals surface area contributed by atoms with Crippen molar-refractivity contribution in [1.29, 1.82) is 0 Å². The summed E-state index contributed by atoms with van der Waals surface area (Å²) in [5.74, 6) is 1.06. The highest BCUT2D eigenvalue weighted by Gasteiger charge is 2.43. The van der Waals surface area contributed by atoms with Crippen molar-refractivity contribution in [3.8, 4) is 22.8 Å². The minimum absolute atomic E-state index is 0.155. The molecule has 0 saturated carbocycles. The number of rotatable bonds is 5. The van der Waals surface area contributed by atoms with Crippen LogP contribution in [0.4, 0.5) is 5.69 Å². The van der Waals surface area contributed by atoms with Gasteiger partial charge in [0.2, 0.25) is 0 Å². The van der Waals surface area contributed by atoms with Crippen LogP contribution in [0, 0.1) is 6.92 Å². The van der Waals surface area contributed by atoms with Crippen molar-refractivity contribution in [2.45, 2.75) is 13.0 Å². The van der Waals surface area contributed by atoms with Crippen molar-refractivity contribution < 1.29 is 14.3 Å². The van der Waals surface area contributed by atoms with Gasteiger partial charge in [-0.25, -0.2) is 0 Å². The van der Waals surface area contributed by atoms with Crippen molar-refractivity contribution in [2.24, 2.45) is 0 Å². The number of hydrogen-bond acceptors (Lipinski definition) is 4. The summed E-state index contributed by atoms with van der Waals surface area (Å²) in [6.45, 7) is 2.04. The molecule has 1 atom stereocenters. The second kappa shape index (κ2) is 8.30. The number of aryl methyl sites for hydroxylation is 1. The summed E-state index contributed by atoms with van der Waals surface area (Å²) in [7, 11) is 3.19. The molecular weight excluding hydrogens is 438 g/mol. The van der Waals surface area contributed by atoms with Gasteiger partial charge in [0, 0.05) is 21.8 Å². The lowest BCUT2D eigenvalue weighted by molar-refractivity contribution is 0.0988. The number of fused-ring (bicyclic) bond motifs is 1. The highest BCUT2D eigenvalue weighted by molar-refractivity contribution is 6.30. The van der Waals surface area contributed by atoms with E-state index in [1.54, 1.807) is 31.3 Å². The quantitative estimate of drug-likeness (QED) is 0.409. The fourth-order valence-electron chi connectivity index (χ4n) is 4.28. The summed E-state index contributed by atoms with van der Waals surface area (Å²) in [6.07, 6.45) is 0. The maximum atomic E-state index is 13.6. The number of carbonyl (C=O) groups excluding carboxylic acids is 1. The lowest BCUT2D eigenvalue weighted by atomic mass is 9.95. The molecule has 7 heteroatoms. The summed E-state index contributed by atoms with van der Waals surface area (Å²) < 4.78 is 11.0. The normalized spacial score (nSPS) is 15.0. The first kappa shape index (κ1) is 21.1. The highest BCUT2D eigenvalue weighted by atomic mass is 35.5. The van der Waals surface area contributed by atoms with E-state index in [0.29, 0.717) is 22.2 Å². The lowest BCUT2D eigenvalue weighted by Crippen LogP contribution is -2.29. The van der Waals surface area contributed by atoms with Gasteiger partial charge in [0.25, 0.3) is 5.91 Å². The Balaban J connectivity index is 1.72. The molecule has 0 saturated heterocycles. The number of halogens is 1. The highest BCUT2D eigenvalue weighted by Crippen LogP contribution is 2.46. The topological polar surface area (TPSA) is 67.5 Å². The van der Waals surface area contributed by atoms with Crippen LogP contribution < -0.4 is 14.4 Å². The van der Waals surface area contributed by atoms with Crippen LogP contribution in [-0.4, -0.2) is 30.3 Å². The van der Waals surface area contributed by atoms with Gasteiger partial charge < -0.3 is 9.47 Å². The third-order valence-electron chi connectivity index (χ3n) is 5.92. The van der Waals surface area contributed by atoms with Crippen LogP contribution >= 0.6 is 11.6 Å². The second-order valence-electron chi connectivity index (χ2n) is 7.90. The third-order valence-corrected chi connectivity index (χ3v) is 6.17. The number of nitrogens with one attached hydrogen (secondary N) is 1. The molecule has 1 aromatic heterocycles. The molecule has 2 heterocycles. The summed E-state index contributed by atoms with van der Waals surface area (Å²) >= 11 is 6.12. The second-order valence-corrected chi connectivity index (χ2v) is 8.33. The maximum Gasteiger partial charge on any atom is 0.277 e. The van der Waals surface area contributed by atoms with E-state index in [1.165, 1.54) is 0 Å². The van der Waals surface area contributed by atoms with Gasteiger partial charge in [-0.3, -0.25) is 14.8 Å². The number of aromatic amines is 1. The fraction of sp³-hybridized carbons (Fsp3) is 0.154. The van der Waals surface area contributed by atoms with Gasteiger partial charge in [-0.2, -0.15) is 5.10 Å². The smallest absolute Gasteiger partial charge is 0.277 e. The van der Waals surface area contributed by atoms with Gasteiger partial charge in [-0.15, -0.1) is 0 Å².